The molecular formula is C30H44N2O4. The highest BCUT2D eigenvalue weighted by molar-refractivity contribution is 6.04. The number of hydrogen-bond acceptors (Lipinski definition) is 5. The van der Waals surface area contributed by atoms with Crippen molar-refractivity contribution < 1.29 is 19.1 Å². The van der Waals surface area contributed by atoms with Gasteiger partial charge >= 0.3 is 0 Å². The van der Waals surface area contributed by atoms with Crippen LogP contribution in [0.15, 0.2) is 42.6 Å². The molecule has 0 atom stereocenters. The summed E-state index contributed by atoms with van der Waals surface area (Å²) in [5, 5.41) is 0. The standard InChI is InChI=1S/C30H44N2O4/c1-4-5-6-7-8-9-10-11-12-13-14-17-22-36-29-23-26(19-20-28(29)35-3)30(34)32(25(2)33)24-27-18-15-16-21-31-27/h15-16,18-21,23H,4-14,17,22,24H2,1-3H3. The number of unbranched alkanes of at least 4 members (excludes halogenated alkanes) is 11. The molecule has 2 rings (SSSR count). The lowest BCUT2D eigenvalue weighted by atomic mass is 10.1. The fraction of sp³-hybridized carbons (Fsp3) is 0.567. The van der Waals surface area contributed by atoms with E-state index < -0.39 is 0 Å². The summed E-state index contributed by atoms with van der Waals surface area (Å²) in [4.78, 5) is 30.7. The molecule has 0 spiro atoms. The van der Waals surface area contributed by atoms with Crippen LogP contribution in [0.1, 0.15) is 107 Å². The van der Waals surface area contributed by atoms with Crippen molar-refractivity contribution in [3.05, 3.63) is 53.9 Å². The van der Waals surface area contributed by atoms with Crippen LogP contribution < -0.4 is 9.47 Å². The number of benzene rings is 1. The minimum absolute atomic E-state index is 0.121. The molecule has 2 aromatic rings. The Balaban J connectivity index is 1.77. The lowest BCUT2D eigenvalue weighted by molar-refractivity contribution is -0.126. The van der Waals surface area contributed by atoms with Crippen LogP contribution in [0.5, 0.6) is 11.5 Å². The minimum Gasteiger partial charge on any atom is -0.493 e. The number of nitrogens with zero attached hydrogens (tertiary/aromatic N) is 2. The molecule has 0 aliphatic heterocycles. The Bertz CT molecular complexity index is 901. The molecule has 0 radical (unpaired) electrons. The third-order valence-electron chi connectivity index (χ3n) is 6.34. The highest BCUT2D eigenvalue weighted by Crippen LogP contribution is 2.29. The maximum atomic E-state index is 13.1. The van der Waals surface area contributed by atoms with Crippen molar-refractivity contribution >= 4 is 11.8 Å². The lowest BCUT2D eigenvalue weighted by Gasteiger charge is -2.20. The molecule has 6 nitrogen and oxygen atoms in total. The van der Waals surface area contributed by atoms with Gasteiger partial charge in [0.2, 0.25) is 5.91 Å². The van der Waals surface area contributed by atoms with E-state index in [1.807, 2.05) is 6.07 Å². The molecule has 36 heavy (non-hydrogen) atoms. The number of pyridine rings is 1. The summed E-state index contributed by atoms with van der Waals surface area (Å²) in [6, 6.07) is 10.5. The Kier molecular flexibility index (Phi) is 14.3. The molecule has 1 aromatic carbocycles. The van der Waals surface area contributed by atoms with Gasteiger partial charge in [-0.1, -0.05) is 83.6 Å². The SMILES string of the molecule is CCCCCCCCCCCCCCOc1cc(C(=O)N(Cc2ccccn2)C(C)=O)ccc1OC. The molecule has 0 fully saturated rings. The Hall–Kier alpha value is -2.89. The van der Waals surface area contributed by atoms with Crippen LogP contribution in [0.25, 0.3) is 0 Å². The molecule has 1 heterocycles. The fourth-order valence-corrected chi connectivity index (χ4v) is 4.18. The van der Waals surface area contributed by atoms with E-state index in [2.05, 4.69) is 11.9 Å². The third kappa shape index (κ3) is 10.8. The largest absolute Gasteiger partial charge is 0.493 e. The van der Waals surface area contributed by atoms with Crippen molar-refractivity contribution in [2.45, 2.75) is 97.4 Å². The van der Waals surface area contributed by atoms with Crippen molar-refractivity contribution in [2.75, 3.05) is 13.7 Å². The third-order valence-corrected chi connectivity index (χ3v) is 6.34. The molecule has 198 valence electrons. The molecule has 0 saturated carbocycles. The van der Waals surface area contributed by atoms with Crippen molar-refractivity contribution in [3.8, 4) is 11.5 Å². The number of amides is 2. The zero-order valence-electron chi connectivity index (χ0n) is 22.5. The second-order valence-corrected chi connectivity index (χ2v) is 9.33. The molecule has 2 amide bonds. The van der Waals surface area contributed by atoms with E-state index in [0.717, 1.165) is 12.8 Å². The van der Waals surface area contributed by atoms with Crippen molar-refractivity contribution in [3.63, 3.8) is 0 Å². The maximum Gasteiger partial charge on any atom is 0.260 e. The van der Waals surface area contributed by atoms with Gasteiger partial charge in [-0.3, -0.25) is 19.5 Å². The topological polar surface area (TPSA) is 68.7 Å². The van der Waals surface area contributed by atoms with Crippen LogP contribution >= 0.6 is 0 Å². The normalized spacial score (nSPS) is 10.8. The zero-order valence-corrected chi connectivity index (χ0v) is 22.5. The van der Waals surface area contributed by atoms with Crippen LogP contribution in [-0.2, 0) is 11.3 Å². The molecule has 0 saturated heterocycles. The second-order valence-electron chi connectivity index (χ2n) is 9.33. The smallest absolute Gasteiger partial charge is 0.260 e. The monoisotopic (exact) mass is 496 g/mol. The highest BCUT2D eigenvalue weighted by Gasteiger charge is 2.22. The first kappa shape index (κ1) is 29.3. The zero-order chi connectivity index (χ0) is 26.0. The van der Waals surface area contributed by atoms with Crippen LogP contribution in [-0.4, -0.2) is 35.4 Å². The van der Waals surface area contributed by atoms with E-state index in [1.165, 1.54) is 76.0 Å². The molecule has 0 aliphatic rings. The van der Waals surface area contributed by atoms with E-state index in [4.69, 9.17) is 9.47 Å². The number of carbonyl (C=O) groups excluding carboxylic acids is 2. The van der Waals surface area contributed by atoms with Gasteiger partial charge in [-0.25, -0.2) is 0 Å². The first-order valence-corrected chi connectivity index (χ1v) is 13.6. The van der Waals surface area contributed by atoms with Gasteiger partial charge in [0, 0.05) is 18.7 Å². The number of imide groups is 1. The lowest BCUT2D eigenvalue weighted by Crippen LogP contribution is -2.34. The van der Waals surface area contributed by atoms with Crippen LogP contribution in [0.3, 0.4) is 0 Å². The van der Waals surface area contributed by atoms with E-state index in [9.17, 15) is 9.59 Å². The molecule has 6 heteroatoms. The predicted molar refractivity (Wildman–Crippen MR) is 144 cm³/mol. The van der Waals surface area contributed by atoms with E-state index in [1.54, 1.807) is 43.6 Å². The van der Waals surface area contributed by atoms with Gasteiger partial charge in [-0.05, 0) is 36.8 Å². The molecular weight excluding hydrogens is 452 g/mol. The number of carbonyl (C=O) groups is 2. The summed E-state index contributed by atoms with van der Waals surface area (Å²) in [6.45, 7) is 4.33. The Morgan fingerprint density at radius 3 is 2.03 bits per heavy atom. The number of methoxy groups -OCH3 is 1. The molecule has 0 N–H and O–H groups in total. The summed E-state index contributed by atoms with van der Waals surface area (Å²) in [6.07, 6.45) is 17.1. The highest BCUT2D eigenvalue weighted by atomic mass is 16.5. The molecule has 0 aliphatic carbocycles. The fourth-order valence-electron chi connectivity index (χ4n) is 4.18. The van der Waals surface area contributed by atoms with E-state index in [-0.39, 0.29) is 18.4 Å². The summed E-state index contributed by atoms with van der Waals surface area (Å²) in [7, 11) is 1.58. The Morgan fingerprint density at radius 2 is 1.47 bits per heavy atom. The number of aromatic nitrogens is 1. The minimum atomic E-state index is -0.383. The summed E-state index contributed by atoms with van der Waals surface area (Å²) < 4.78 is 11.4. The van der Waals surface area contributed by atoms with Crippen LogP contribution in [0.4, 0.5) is 0 Å². The van der Waals surface area contributed by atoms with Crippen molar-refractivity contribution in [1.29, 1.82) is 0 Å². The maximum absolute atomic E-state index is 13.1. The first-order valence-electron chi connectivity index (χ1n) is 13.6. The summed E-state index contributed by atoms with van der Waals surface area (Å²) in [5.74, 6) is 0.379. The molecule has 0 unspecified atom stereocenters. The first-order chi connectivity index (χ1) is 17.6. The number of hydrogen-bond donors (Lipinski definition) is 0. The molecule has 0 bridgehead atoms. The van der Waals surface area contributed by atoms with Gasteiger partial charge in [0.15, 0.2) is 11.5 Å². The van der Waals surface area contributed by atoms with Gasteiger partial charge < -0.3 is 9.47 Å². The van der Waals surface area contributed by atoms with Gasteiger partial charge in [-0.15, -0.1) is 0 Å². The van der Waals surface area contributed by atoms with Crippen LogP contribution in [0, 0.1) is 0 Å². The van der Waals surface area contributed by atoms with Gasteiger partial charge in [-0.2, -0.15) is 0 Å². The predicted octanol–water partition coefficient (Wildman–Crippen LogP) is 7.36. The summed E-state index contributed by atoms with van der Waals surface area (Å²) >= 11 is 0. The van der Waals surface area contributed by atoms with E-state index in [0.29, 0.717) is 29.4 Å². The van der Waals surface area contributed by atoms with Crippen molar-refractivity contribution in [2.24, 2.45) is 0 Å². The number of ether oxygens (including phenoxy) is 2. The Morgan fingerprint density at radius 1 is 0.833 bits per heavy atom. The Labute approximate surface area is 217 Å². The van der Waals surface area contributed by atoms with Gasteiger partial charge in [0.05, 0.1) is 26.0 Å². The second kappa shape index (κ2) is 17.5. The van der Waals surface area contributed by atoms with Gasteiger partial charge in [0.1, 0.15) is 0 Å². The van der Waals surface area contributed by atoms with Gasteiger partial charge in [0.25, 0.3) is 5.91 Å². The average Bonchev–Trinajstić information content (AvgIpc) is 2.90. The summed E-state index contributed by atoms with van der Waals surface area (Å²) in [5.41, 5.74) is 1.03. The molecule has 1 aromatic heterocycles. The quantitative estimate of drug-likeness (QED) is 0.202. The number of rotatable bonds is 18. The van der Waals surface area contributed by atoms with E-state index >= 15 is 0 Å². The average molecular weight is 497 g/mol. The van der Waals surface area contributed by atoms with Crippen molar-refractivity contribution in [1.82, 2.24) is 9.88 Å². The van der Waals surface area contributed by atoms with Crippen LogP contribution in [0.2, 0.25) is 0 Å².